The highest BCUT2D eigenvalue weighted by molar-refractivity contribution is 5.95. The zero-order valence-electron chi connectivity index (χ0n) is 17.7. The number of benzene rings is 1. The maximum Gasteiger partial charge on any atom is 0.317 e. The molecule has 7 nitrogen and oxygen atoms in total. The van der Waals surface area contributed by atoms with Gasteiger partial charge in [0.1, 0.15) is 12.6 Å². The maximum absolute atomic E-state index is 13.1. The van der Waals surface area contributed by atoms with Gasteiger partial charge in [-0.25, -0.2) is 4.79 Å². The molecule has 1 unspecified atom stereocenters. The molecule has 2 heterocycles. The van der Waals surface area contributed by atoms with E-state index in [0.717, 1.165) is 17.5 Å². The molecule has 0 spiro atoms. The van der Waals surface area contributed by atoms with Gasteiger partial charge in [-0.15, -0.1) is 0 Å². The van der Waals surface area contributed by atoms with Gasteiger partial charge in [0.2, 0.25) is 11.8 Å². The smallest absolute Gasteiger partial charge is 0.317 e. The topological polar surface area (TPSA) is 73.0 Å². The molecule has 29 heavy (non-hydrogen) atoms. The Bertz CT molecular complexity index is 764. The van der Waals surface area contributed by atoms with E-state index in [1.807, 2.05) is 31.2 Å². The highest BCUT2D eigenvalue weighted by Gasteiger charge is 2.41. The van der Waals surface area contributed by atoms with Crippen molar-refractivity contribution in [2.75, 3.05) is 32.7 Å². The van der Waals surface area contributed by atoms with E-state index < -0.39 is 6.04 Å². The van der Waals surface area contributed by atoms with Crippen molar-refractivity contribution < 1.29 is 14.4 Å². The van der Waals surface area contributed by atoms with Crippen molar-refractivity contribution in [2.45, 2.75) is 46.2 Å². The molecule has 158 valence electrons. The van der Waals surface area contributed by atoms with E-state index in [2.05, 4.69) is 19.2 Å². The number of nitrogens with one attached hydrogen (secondary N) is 1. The lowest BCUT2D eigenvalue weighted by Crippen LogP contribution is -2.59. The third-order valence-electron chi connectivity index (χ3n) is 5.64. The van der Waals surface area contributed by atoms with E-state index >= 15 is 0 Å². The van der Waals surface area contributed by atoms with Crippen LogP contribution in [0.25, 0.3) is 0 Å². The van der Waals surface area contributed by atoms with Crippen LogP contribution >= 0.6 is 0 Å². The van der Waals surface area contributed by atoms with Crippen molar-refractivity contribution in [1.82, 2.24) is 20.0 Å². The van der Waals surface area contributed by atoms with Crippen molar-refractivity contribution in [3.8, 4) is 0 Å². The molecule has 1 atom stereocenters. The lowest BCUT2D eigenvalue weighted by Gasteiger charge is -2.39. The van der Waals surface area contributed by atoms with Crippen LogP contribution in [0.4, 0.5) is 4.79 Å². The third-order valence-corrected chi connectivity index (χ3v) is 5.64. The Kier molecular flexibility index (Phi) is 6.77. The highest BCUT2D eigenvalue weighted by atomic mass is 16.2. The minimum Gasteiger partial charge on any atom is -0.338 e. The lowest BCUT2D eigenvalue weighted by atomic mass is 10.1. The van der Waals surface area contributed by atoms with E-state index in [4.69, 9.17) is 0 Å². The SMILES string of the molecule is Cc1cccc(CN2CC(=O)N3CCN(C(=O)NCCC(C)C)CCC3C2=O)c1. The van der Waals surface area contributed by atoms with Crippen molar-refractivity contribution in [3.05, 3.63) is 35.4 Å². The van der Waals surface area contributed by atoms with E-state index in [9.17, 15) is 14.4 Å². The van der Waals surface area contributed by atoms with Crippen molar-refractivity contribution in [3.63, 3.8) is 0 Å². The molecule has 0 radical (unpaired) electrons. The zero-order chi connectivity index (χ0) is 21.0. The van der Waals surface area contributed by atoms with E-state index in [0.29, 0.717) is 45.1 Å². The van der Waals surface area contributed by atoms with Crippen LogP contribution in [0.1, 0.15) is 37.8 Å². The Balaban J connectivity index is 1.62. The molecule has 2 aliphatic rings. The summed E-state index contributed by atoms with van der Waals surface area (Å²) in [6, 6.07) is 7.42. The summed E-state index contributed by atoms with van der Waals surface area (Å²) >= 11 is 0. The van der Waals surface area contributed by atoms with E-state index in [1.54, 1.807) is 14.7 Å². The minimum absolute atomic E-state index is 0.0202. The highest BCUT2D eigenvalue weighted by Crippen LogP contribution is 2.21. The lowest BCUT2D eigenvalue weighted by molar-refractivity contribution is -0.156. The number of urea groups is 1. The molecule has 3 rings (SSSR count). The molecule has 0 aliphatic carbocycles. The van der Waals surface area contributed by atoms with Crippen LogP contribution in [0, 0.1) is 12.8 Å². The molecule has 0 aromatic heterocycles. The molecular weight excluding hydrogens is 368 g/mol. The van der Waals surface area contributed by atoms with Gasteiger partial charge in [-0.2, -0.15) is 0 Å². The summed E-state index contributed by atoms with van der Waals surface area (Å²) in [5.41, 5.74) is 2.16. The standard InChI is InChI=1S/C22H32N4O3/c1-16(2)7-9-23-22(29)24-10-8-19-21(28)25(15-20(27)26(19)12-11-24)14-18-6-4-5-17(3)13-18/h4-6,13,16,19H,7-12,14-15H2,1-3H3,(H,23,29). The average Bonchev–Trinajstić information content (AvgIpc) is 2.89. The molecule has 1 aromatic carbocycles. The van der Waals surface area contributed by atoms with Crippen LogP contribution in [0.3, 0.4) is 0 Å². The molecular formula is C22H32N4O3. The molecule has 2 fully saturated rings. The summed E-state index contributed by atoms with van der Waals surface area (Å²) in [5.74, 6) is 0.473. The first-order valence-corrected chi connectivity index (χ1v) is 10.5. The minimum atomic E-state index is -0.477. The van der Waals surface area contributed by atoms with Crippen LogP contribution in [-0.4, -0.2) is 71.3 Å². The Morgan fingerprint density at radius 3 is 2.72 bits per heavy atom. The van der Waals surface area contributed by atoms with Gasteiger partial charge in [-0.1, -0.05) is 43.7 Å². The van der Waals surface area contributed by atoms with Crippen molar-refractivity contribution in [2.24, 2.45) is 5.92 Å². The Morgan fingerprint density at radius 1 is 1.21 bits per heavy atom. The van der Waals surface area contributed by atoms with Gasteiger partial charge in [-0.3, -0.25) is 9.59 Å². The van der Waals surface area contributed by atoms with Crippen molar-refractivity contribution >= 4 is 17.8 Å². The van der Waals surface area contributed by atoms with Gasteiger partial charge in [0.15, 0.2) is 0 Å². The Labute approximate surface area is 173 Å². The number of hydrogen-bond donors (Lipinski definition) is 1. The van der Waals surface area contributed by atoms with Crippen LogP contribution in [-0.2, 0) is 16.1 Å². The first kappa shape index (κ1) is 21.1. The molecule has 0 saturated carbocycles. The van der Waals surface area contributed by atoms with Gasteiger partial charge in [0, 0.05) is 32.7 Å². The van der Waals surface area contributed by atoms with E-state index in [1.165, 1.54) is 0 Å². The third kappa shape index (κ3) is 5.28. The summed E-state index contributed by atoms with van der Waals surface area (Å²) < 4.78 is 0. The van der Waals surface area contributed by atoms with Gasteiger partial charge in [0.05, 0.1) is 0 Å². The Morgan fingerprint density at radius 2 is 2.00 bits per heavy atom. The molecule has 1 aromatic rings. The molecule has 1 N–H and O–H groups in total. The van der Waals surface area contributed by atoms with Crippen LogP contribution in [0.5, 0.6) is 0 Å². The first-order valence-electron chi connectivity index (χ1n) is 10.5. The summed E-state index contributed by atoms with van der Waals surface area (Å²) in [6.45, 7) is 8.78. The fourth-order valence-corrected chi connectivity index (χ4v) is 3.98. The number of carbonyl (C=O) groups excluding carboxylic acids is 3. The van der Waals surface area contributed by atoms with Gasteiger partial charge in [-0.05, 0) is 31.2 Å². The number of aryl methyl sites for hydroxylation is 1. The van der Waals surface area contributed by atoms with Crippen LogP contribution in [0.2, 0.25) is 0 Å². The average molecular weight is 401 g/mol. The Hall–Kier alpha value is -2.57. The maximum atomic E-state index is 13.1. The normalized spacial score (nSPS) is 20.0. The fraction of sp³-hybridized carbons (Fsp3) is 0.591. The number of nitrogens with zero attached hydrogens (tertiary/aromatic N) is 3. The van der Waals surface area contributed by atoms with Crippen LogP contribution in [0.15, 0.2) is 24.3 Å². The first-order chi connectivity index (χ1) is 13.8. The second kappa shape index (κ2) is 9.29. The number of rotatable bonds is 5. The number of hydrogen-bond acceptors (Lipinski definition) is 3. The fourth-order valence-electron chi connectivity index (χ4n) is 3.98. The predicted octanol–water partition coefficient (Wildman–Crippen LogP) is 2.00. The summed E-state index contributed by atoms with van der Waals surface area (Å²) in [6.07, 6.45) is 1.41. The number of carbonyl (C=O) groups is 3. The quantitative estimate of drug-likeness (QED) is 0.822. The summed E-state index contributed by atoms with van der Waals surface area (Å²) in [4.78, 5) is 43.3. The molecule has 4 amide bonds. The summed E-state index contributed by atoms with van der Waals surface area (Å²) in [5, 5.41) is 2.95. The van der Waals surface area contributed by atoms with Gasteiger partial charge >= 0.3 is 6.03 Å². The van der Waals surface area contributed by atoms with Gasteiger partial charge in [0.25, 0.3) is 0 Å². The summed E-state index contributed by atoms with van der Waals surface area (Å²) in [7, 11) is 0. The monoisotopic (exact) mass is 400 g/mol. The second-order valence-electron chi connectivity index (χ2n) is 8.48. The largest absolute Gasteiger partial charge is 0.338 e. The number of fused-ring (bicyclic) bond motifs is 1. The zero-order valence-corrected chi connectivity index (χ0v) is 17.7. The van der Waals surface area contributed by atoms with Crippen molar-refractivity contribution in [1.29, 1.82) is 0 Å². The van der Waals surface area contributed by atoms with Crippen LogP contribution < -0.4 is 5.32 Å². The molecule has 2 saturated heterocycles. The number of piperazine rings is 1. The van der Waals surface area contributed by atoms with E-state index in [-0.39, 0.29) is 24.4 Å². The molecule has 2 aliphatic heterocycles. The predicted molar refractivity (Wildman–Crippen MR) is 111 cm³/mol. The number of amides is 4. The molecule has 0 bridgehead atoms. The van der Waals surface area contributed by atoms with Gasteiger partial charge < -0.3 is 20.0 Å². The second-order valence-corrected chi connectivity index (χ2v) is 8.48. The molecule has 7 heteroatoms.